The standard InChI is InChI=1S/C10H9ClN2O/c1-7-3-4-9(13-8(2)11)5-10(7)14-6-12/h3-5H,1-2H3. The number of rotatable bonds is 2. The van der Waals surface area contributed by atoms with Crippen LogP contribution in [0.3, 0.4) is 0 Å². The van der Waals surface area contributed by atoms with Gasteiger partial charge in [0.2, 0.25) is 0 Å². The lowest BCUT2D eigenvalue weighted by Crippen LogP contribution is -1.85. The molecular weight excluding hydrogens is 200 g/mol. The van der Waals surface area contributed by atoms with Crippen molar-refractivity contribution in [1.29, 1.82) is 5.26 Å². The minimum atomic E-state index is 0.441. The van der Waals surface area contributed by atoms with Crippen LogP contribution >= 0.6 is 11.6 Å². The first-order chi connectivity index (χ1) is 6.63. The van der Waals surface area contributed by atoms with Gasteiger partial charge >= 0.3 is 0 Å². The van der Waals surface area contributed by atoms with Gasteiger partial charge in [-0.25, -0.2) is 4.99 Å². The molecule has 0 N–H and O–H groups in total. The summed E-state index contributed by atoms with van der Waals surface area (Å²) >= 11 is 5.63. The van der Waals surface area contributed by atoms with Gasteiger partial charge in [-0.15, -0.1) is 5.26 Å². The summed E-state index contributed by atoms with van der Waals surface area (Å²) in [6.07, 6.45) is 1.62. The van der Waals surface area contributed by atoms with E-state index in [1.807, 2.05) is 19.1 Å². The van der Waals surface area contributed by atoms with E-state index < -0.39 is 0 Å². The number of nitriles is 1. The second kappa shape index (κ2) is 4.64. The van der Waals surface area contributed by atoms with Crippen LogP contribution in [0, 0.1) is 18.4 Å². The molecule has 0 bridgehead atoms. The Morgan fingerprint density at radius 3 is 2.86 bits per heavy atom. The lowest BCUT2D eigenvalue weighted by molar-refractivity contribution is 0.503. The highest BCUT2D eigenvalue weighted by Gasteiger charge is 2.00. The maximum Gasteiger partial charge on any atom is 0.292 e. The Morgan fingerprint density at radius 1 is 1.57 bits per heavy atom. The smallest absolute Gasteiger partial charge is 0.292 e. The predicted octanol–water partition coefficient (Wildman–Crippen LogP) is 3.14. The van der Waals surface area contributed by atoms with Gasteiger partial charge in [0.05, 0.1) is 5.69 Å². The van der Waals surface area contributed by atoms with Crippen molar-refractivity contribution in [3.63, 3.8) is 0 Å². The lowest BCUT2D eigenvalue weighted by atomic mass is 10.2. The Hall–Kier alpha value is -1.53. The van der Waals surface area contributed by atoms with Crippen molar-refractivity contribution in [2.24, 2.45) is 4.99 Å². The summed E-state index contributed by atoms with van der Waals surface area (Å²) in [4.78, 5) is 4.04. The van der Waals surface area contributed by atoms with Crippen molar-refractivity contribution in [1.82, 2.24) is 0 Å². The van der Waals surface area contributed by atoms with Crippen molar-refractivity contribution in [3.05, 3.63) is 23.8 Å². The van der Waals surface area contributed by atoms with Crippen molar-refractivity contribution in [2.45, 2.75) is 13.8 Å². The molecule has 0 aromatic heterocycles. The van der Waals surface area contributed by atoms with Crippen LogP contribution < -0.4 is 4.74 Å². The second-order valence-electron chi connectivity index (χ2n) is 2.75. The van der Waals surface area contributed by atoms with E-state index in [1.54, 1.807) is 19.2 Å². The van der Waals surface area contributed by atoms with Crippen molar-refractivity contribution < 1.29 is 4.74 Å². The van der Waals surface area contributed by atoms with Gasteiger partial charge in [0.15, 0.2) is 0 Å². The van der Waals surface area contributed by atoms with Gasteiger partial charge in [-0.05, 0) is 25.5 Å². The zero-order valence-corrected chi connectivity index (χ0v) is 8.67. The molecule has 0 heterocycles. The minimum Gasteiger partial charge on any atom is -0.388 e. The number of aryl methyl sites for hydroxylation is 1. The molecule has 4 heteroatoms. The third-order valence-corrected chi connectivity index (χ3v) is 1.70. The lowest BCUT2D eigenvalue weighted by Gasteiger charge is -2.02. The maximum absolute atomic E-state index is 8.38. The molecule has 0 amide bonds. The molecule has 0 aliphatic heterocycles. The number of benzene rings is 1. The van der Waals surface area contributed by atoms with Crippen LogP contribution in [-0.2, 0) is 0 Å². The molecule has 0 aliphatic carbocycles. The van der Waals surface area contributed by atoms with Crippen LogP contribution in [0.15, 0.2) is 23.2 Å². The largest absolute Gasteiger partial charge is 0.388 e. The molecule has 0 saturated carbocycles. The van der Waals surface area contributed by atoms with Gasteiger partial charge in [0.25, 0.3) is 6.26 Å². The fourth-order valence-corrected chi connectivity index (χ4v) is 1.09. The highest BCUT2D eigenvalue weighted by Crippen LogP contribution is 2.24. The highest BCUT2D eigenvalue weighted by molar-refractivity contribution is 6.65. The Labute approximate surface area is 87.6 Å². The van der Waals surface area contributed by atoms with Crippen LogP contribution in [-0.4, -0.2) is 5.17 Å². The fraction of sp³-hybridized carbons (Fsp3) is 0.200. The van der Waals surface area contributed by atoms with E-state index in [-0.39, 0.29) is 0 Å². The molecule has 0 saturated heterocycles. The first kappa shape index (κ1) is 10.6. The fourth-order valence-electron chi connectivity index (χ4n) is 0.995. The molecule has 0 aliphatic rings. The van der Waals surface area contributed by atoms with Crippen LogP contribution in [0.5, 0.6) is 5.75 Å². The summed E-state index contributed by atoms with van der Waals surface area (Å²) in [5.74, 6) is 0.506. The number of halogens is 1. The SMILES string of the molecule is CC(Cl)=Nc1ccc(C)c(OC#N)c1. The minimum absolute atomic E-state index is 0.441. The monoisotopic (exact) mass is 208 g/mol. The van der Waals surface area contributed by atoms with Crippen LogP contribution in [0.2, 0.25) is 0 Å². The summed E-state index contributed by atoms with van der Waals surface area (Å²) in [5, 5.41) is 8.82. The summed E-state index contributed by atoms with van der Waals surface area (Å²) in [7, 11) is 0. The quantitative estimate of drug-likeness (QED) is 0.554. The number of hydrogen-bond donors (Lipinski definition) is 0. The molecule has 0 fully saturated rings. The molecule has 3 nitrogen and oxygen atoms in total. The molecule has 0 radical (unpaired) electrons. The molecule has 0 unspecified atom stereocenters. The highest BCUT2D eigenvalue weighted by atomic mass is 35.5. The second-order valence-corrected chi connectivity index (χ2v) is 3.30. The first-order valence-electron chi connectivity index (χ1n) is 4.01. The van der Waals surface area contributed by atoms with Gasteiger partial charge in [-0.3, -0.25) is 0 Å². The van der Waals surface area contributed by atoms with E-state index in [0.717, 1.165) is 5.56 Å². The van der Waals surface area contributed by atoms with Gasteiger partial charge in [0, 0.05) is 6.07 Å². The van der Waals surface area contributed by atoms with Crippen molar-refractivity contribution in [3.8, 4) is 12.0 Å². The molecule has 14 heavy (non-hydrogen) atoms. The summed E-state index contributed by atoms with van der Waals surface area (Å²) in [5.41, 5.74) is 1.56. The van der Waals surface area contributed by atoms with E-state index >= 15 is 0 Å². The number of ether oxygens (including phenoxy) is 1. The first-order valence-corrected chi connectivity index (χ1v) is 4.38. The average molecular weight is 209 g/mol. The van der Waals surface area contributed by atoms with E-state index in [9.17, 15) is 0 Å². The Kier molecular flexibility index (Phi) is 3.49. The topological polar surface area (TPSA) is 45.4 Å². The molecule has 0 atom stereocenters. The van der Waals surface area contributed by atoms with Gasteiger partial charge in [0.1, 0.15) is 10.9 Å². The summed E-state index contributed by atoms with van der Waals surface area (Å²) < 4.78 is 4.75. The molecule has 1 aromatic rings. The number of aliphatic imine (C=N–C) groups is 1. The Morgan fingerprint density at radius 2 is 2.29 bits per heavy atom. The van der Waals surface area contributed by atoms with E-state index in [0.29, 0.717) is 16.6 Å². The van der Waals surface area contributed by atoms with E-state index in [1.165, 1.54) is 0 Å². The van der Waals surface area contributed by atoms with E-state index in [4.69, 9.17) is 21.6 Å². The zero-order chi connectivity index (χ0) is 10.6. The summed E-state index contributed by atoms with van der Waals surface area (Å²) in [6.45, 7) is 3.54. The van der Waals surface area contributed by atoms with E-state index in [2.05, 4.69) is 4.99 Å². The summed E-state index contributed by atoms with van der Waals surface area (Å²) in [6, 6.07) is 5.31. The normalized spacial score (nSPS) is 10.9. The van der Waals surface area contributed by atoms with Crippen LogP contribution in [0.1, 0.15) is 12.5 Å². The average Bonchev–Trinajstić information content (AvgIpc) is 2.10. The van der Waals surface area contributed by atoms with Crippen molar-refractivity contribution in [2.75, 3.05) is 0 Å². The number of nitrogens with zero attached hydrogens (tertiary/aromatic N) is 2. The van der Waals surface area contributed by atoms with Crippen LogP contribution in [0.25, 0.3) is 0 Å². The third-order valence-electron chi connectivity index (χ3n) is 1.61. The number of hydrogen-bond acceptors (Lipinski definition) is 3. The molecule has 1 rings (SSSR count). The van der Waals surface area contributed by atoms with Gasteiger partial charge in [-0.1, -0.05) is 17.7 Å². The van der Waals surface area contributed by atoms with Crippen LogP contribution in [0.4, 0.5) is 5.69 Å². The van der Waals surface area contributed by atoms with Gasteiger partial charge in [-0.2, -0.15) is 0 Å². The molecular formula is C10H9ClN2O. The molecule has 1 aromatic carbocycles. The van der Waals surface area contributed by atoms with Gasteiger partial charge < -0.3 is 4.74 Å². The van der Waals surface area contributed by atoms with Crippen molar-refractivity contribution >= 4 is 22.5 Å². The zero-order valence-electron chi connectivity index (χ0n) is 7.91. The Bertz CT molecular complexity index is 403. The maximum atomic E-state index is 8.38. The Balaban J connectivity index is 3.07. The third kappa shape index (κ3) is 2.75. The molecule has 72 valence electrons. The predicted molar refractivity (Wildman–Crippen MR) is 56.0 cm³/mol. The molecule has 0 spiro atoms.